The van der Waals surface area contributed by atoms with E-state index in [0.717, 1.165) is 13.1 Å². The van der Waals surface area contributed by atoms with Gasteiger partial charge < -0.3 is 11.1 Å². The van der Waals surface area contributed by atoms with Crippen LogP contribution in [0.5, 0.6) is 0 Å². The van der Waals surface area contributed by atoms with E-state index in [1.807, 2.05) is 0 Å². The van der Waals surface area contributed by atoms with Gasteiger partial charge in [-0.25, -0.2) is 8.42 Å². The topological polar surface area (TPSA) is 72.2 Å². The van der Waals surface area contributed by atoms with Crippen LogP contribution in [0.4, 0.5) is 0 Å². The Kier molecular flexibility index (Phi) is 1.72. The van der Waals surface area contributed by atoms with Gasteiger partial charge in [-0.2, -0.15) is 0 Å². The van der Waals surface area contributed by atoms with E-state index in [1.54, 1.807) is 0 Å². The van der Waals surface area contributed by atoms with Crippen molar-refractivity contribution < 1.29 is 8.42 Å². The Hall–Kier alpha value is -0.130. The molecule has 0 aromatic carbocycles. The molecule has 0 spiro atoms. The van der Waals surface area contributed by atoms with Crippen molar-refractivity contribution in [2.45, 2.75) is 0 Å². The summed E-state index contributed by atoms with van der Waals surface area (Å²) in [5, 5.41) is 3.21. The molecule has 0 amide bonds. The van der Waals surface area contributed by atoms with Gasteiger partial charge in [0, 0.05) is 18.5 Å². The fraction of sp³-hybridized carbons (Fsp3) is 1.00. The second-order valence-corrected chi connectivity index (χ2v) is 6.06. The number of rotatable bonds is 1. The van der Waals surface area contributed by atoms with Crippen LogP contribution >= 0.6 is 0 Å². The van der Waals surface area contributed by atoms with Crippen LogP contribution in [-0.4, -0.2) is 39.6 Å². The summed E-state index contributed by atoms with van der Waals surface area (Å²) >= 11 is 0. The lowest BCUT2D eigenvalue weighted by Gasteiger charge is -2.23. The molecule has 0 aromatic heterocycles. The zero-order valence-electron chi connectivity index (χ0n) is 6.91. The van der Waals surface area contributed by atoms with E-state index < -0.39 is 9.84 Å². The third-order valence-corrected chi connectivity index (χ3v) is 5.03. The van der Waals surface area contributed by atoms with E-state index in [0.29, 0.717) is 12.3 Å². The number of sulfone groups is 1. The minimum absolute atomic E-state index is 0.140. The molecule has 3 N–H and O–H groups in total. The van der Waals surface area contributed by atoms with Gasteiger partial charge in [0.05, 0.1) is 11.5 Å². The van der Waals surface area contributed by atoms with Crippen molar-refractivity contribution in [1.29, 1.82) is 0 Å². The lowest BCUT2D eigenvalue weighted by Crippen LogP contribution is -2.38. The number of nitrogens with one attached hydrogen (secondary N) is 1. The van der Waals surface area contributed by atoms with Crippen LogP contribution in [0.1, 0.15) is 0 Å². The first-order valence-corrected chi connectivity index (χ1v) is 6.01. The first kappa shape index (κ1) is 8.47. The van der Waals surface area contributed by atoms with Gasteiger partial charge in [-0.1, -0.05) is 0 Å². The summed E-state index contributed by atoms with van der Waals surface area (Å²) in [5.41, 5.74) is 5.49. The summed E-state index contributed by atoms with van der Waals surface area (Å²) in [6.07, 6.45) is 0. The van der Waals surface area contributed by atoms with Gasteiger partial charge in [0.1, 0.15) is 0 Å². The molecular formula is C7H14N2O2S. The SMILES string of the molecule is NC[C@@]12CNC[C@H]1CS(=O)(=O)C2. The van der Waals surface area contributed by atoms with E-state index >= 15 is 0 Å². The smallest absolute Gasteiger partial charge is 0.151 e. The van der Waals surface area contributed by atoms with Crippen LogP contribution in [0.2, 0.25) is 0 Å². The van der Waals surface area contributed by atoms with Crippen molar-refractivity contribution in [2.75, 3.05) is 31.1 Å². The van der Waals surface area contributed by atoms with Crippen molar-refractivity contribution in [3.63, 3.8) is 0 Å². The molecule has 70 valence electrons. The Bertz CT molecular complexity index is 288. The van der Waals surface area contributed by atoms with Crippen LogP contribution in [0.3, 0.4) is 0 Å². The molecule has 0 aliphatic carbocycles. The Labute approximate surface area is 72.4 Å². The summed E-state index contributed by atoms with van der Waals surface area (Å²) in [4.78, 5) is 0. The Morgan fingerprint density at radius 2 is 2.33 bits per heavy atom. The normalized spacial score (nSPS) is 44.6. The molecule has 2 aliphatic heterocycles. The Balaban J connectivity index is 2.32. The molecule has 2 aliphatic rings. The molecule has 2 rings (SSSR count). The van der Waals surface area contributed by atoms with Gasteiger partial charge in [0.15, 0.2) is 9.84 Å². The highest BCUT2D eigenvalue weighted by Gasteiger charge is 2.51. The van der Waals surface area contributed by atoms with Gasteiger partial charge >= 0.3 is 0 Å². The largest absolute Gasteiger partial charge is 0.330 e. The first-order chi connectivity index (χ1) is 5.58. The highest BCUT2D eigenvalue weighted by Crippen LogP contribution is 2.39. The molecular weight excluding hydrogens is 176 g/mol. The van der Waals surface area contributed by atoms with E-state index in [-0.39, 0.29) is 17.1 Å². The number of fused-ring (bicyclic) bond motifs is 1. The lowest BCUT2D eigenvalue weighted by molar-refractivity contribution is 0.314. The Morgan fingerprint density at radius 3 is 2.92 bits per heavy atom. The van der Waals surface area contributed by atoms with Crippen molar-refractivity contribution in [2.24, 2.45) is 17.1 Å². The molecule has 2 fully saturated rings. The van der Waals surface area contributed by atoms with E-state index in [1.165, 1.54) is 0 Å². The van der Waals surface area contributed by atoms with Gasteiger partial charge in [-0.3, -0.25) is 0 Å². The highest BCUT2D eigenvalue weighted by molar-refractivity contribution is 7.91. The maximum atomic E-state index is 11.3. The third kappa shape index (κ3) is 1.08. The fourth-order valence-corrected chi connectivity index (χ4v) is 4.90. The summed E-state index contributed by atoms with van der Waals surface area (Å²) in [6, 6.07) is 0. The van der Waals surface area contributed by atoms with Gasteiger partial charge in [-0.15, -0.1) is 0 Å². The van der Waals surface area contributed by atoms with Gasteiger partial charge in [0.25, 0.3) is 0 Å². The maximum absolute atomic E-state index is 11.3. The zero-order valence-corrected chi connectivity index (χ0v) is 7.73. The summed E-state index contributed by atoms with van der Waals surface area (Å²) in [5.74, 6) is 0.873. The highest BCUT2D eigenvalue weighted by atomic mass is 32.2. The minimum atomic E-state index is -2.80. The van der Waals surface area contributed by atoms with E-state index in [4.69, 9.17) is 5.73 Å². The van der Waals surface area contributed by atoms with Gasteiger partial charge in [0.2, 0.25) is 0 Å². The number of hydrogen-bond donors (Lipinski definition) is 2. The van der Waals surface area contributed by atoms with Crippen LogP contribution in [0.25, 0.3) is 0 Å². The number of nitrogens with two attached hydrogens (primary N) is 1. The van der Waals surface area contributed by atoms with E-state index in [9.17, 15) is 8.42 Å². The number of hydrogen-bond acceptors (Lipinski definition) is 4. The lowest BCUT2D eigenvalue weighted by atomic mass is 9.81. The summed E-state index contributed by atoms with van der Waals surface area (Å²) in [7, 11) is -2.80. The molecule has 0 unspecified atom stereocenters. The molecule has 0 saturated carbocycles. The first-order valence-electron chi connectivity index (χ1n) is 4.19. The van der Waals surface area contributed by atoms with Crippen LogP contribution < -0.4 is 11.1 Å². The molecule has 2 saturated heterocycles. The van der Waals surface area contributed by atoms with E-state index in [2.05, 4.69) is 5.32 Å². The molecule has 4 nitrogen and oxygen atoms in total. The molecule has 12 heavy (non-hydrogen) atoms. The molecule has 0 radical (unpaired) electrons. The Morgan fingerprint density at radius 1 is 1.58 bits per heavy atom. The average molecular weight is 190 g/mol. The second-order valence-electron chi connectivity index (χ2n) is 3.95. The molecule has 0 aromatic rings. The van der Waals surface area contributed by atoms with Gasteiger partial charge in [-0.05, 0) is 12.5 Å². The van der Waals surface area contributed by atoms with Crippen molar-refractivity contribution in [1.82, 2.24) is 5.32 Å². The third-order valence-electron chi connectivity index (χ3n) is 3.10. The zero-order chi connectivity index (χ0) is 8.82. The monoisotopic (exact) mass is 190 g/mol. The minimum Gasteiger partial charge on any atom is -0.330 e. The second kappa shape index (κ2) is 2.43. The molecule has 0 bridgehead atoms. The fourth-order valence-electron chi connectivity index (χ4n) is 2.36. The average Bonchev–Trinajstić information content (AvgIpc) is 2.40. The summed E-state index contributed by atoms with van der Waals surface area (Å²) in [6.45, 7) is 2.08. The predicted octanol–water partition coefficient (Wildman–Crippen LogP) is -1.42. The summed E-state index contributed by atoms with van der Waals surface area (Å²) < 4.78 is 22.6. The molecule has 2 heterocycles. The van der Waals surface area contributed by atoms with Crippen molar-refractivity contribution >= 4 is 9.84 Å². The van der Waals surface area contributed by atoms with Crippen LogP contribution in [0.15, 0.2) is 0 Å². The van der Waals surface area contributed by atoms with Crippen molar-refractivity contribution in [3.05, 3.63) is 0 Å². The standard InChI is InChI=1S/C7H14N2O2S/c8-3-7-4-9-1-6(7)2-12(10,11)5-7/h6,9H,1-5,8H2/t6-,7-/m0/s1. The predicted molar refractivity (Wildman–Crippen MR) is 46.5 cm³/mol. The van der Waals surface area contributed by atoms with Crippen LogP contribution in [0, 0.1) is 11.3 Å². The maximum Gasteiger partial charge on any atom is 0.151 e. The van der Waals surface area contributed by atoms with Crippen molar-refractivity contribution in [3.8, 4) is 0 Å². The quantitative estimate of drug-likeness (QED) is 0.532. The molecule has 2 atom stereocenters. The molecule has 5 heteroatoms. The van der Waals surface area contributed by atoms with Crippen LogP contribution in [-0.2, 0) is 9.84 Å².